The van der Waals surface area contributed by atoms with Crippen LogP contribution in [0, 0.1) is 5.41 Å². The van der Waals surface area contributed by atoms with Crippen LogP contribution in [0.4, 0.5) is 0 Å². The molecule has 29 heavy (non-hydrogen) atoms. The van der Waals surface area contributed by atoms with Gasteiger partial charge in [0.2, 0.25) is 23.6 Å². The zero-order valence-corrected chi connectivity index (χ0v) is 18.0. The molecule has 164 valence electrons. The predicted molar refractivity (Wildman–Crippen MR) is 109 cm³/mol. The lowest BCUT2D eigenvalue weighted by molar-refractivity contribution is -0.147. The fourth-order valence-electron chi connectivity index (χ4n) is 3.57. The minimum Gasteiger partial charge on any atom is -0.352 e. The Labute approximate surface area is 177 Å². The molecule has 1 unspecified atom stereocenters. The zero-order valence-electron chi connectivity index (χ0n) is 17.2. The molecule has 1 saturated heterocycles. The summed E-state index contributed by atoms with van der Waals surface area (Å²) in [4.78, 5) is 52.6. The third-order valence-electron chi connectivity index (χ3n) is 5.61. The van der Waals surface area contributed by atoms with Crippen molar-refractivity contribution in [3.05, 3.63) is 0 Å². The van der Waals surface area contributed by atoms with Crippen molar-refractivity contribution in [1.29, 1.82) is 0 Å². The number of carbonyl (C=O) groups excluding carboxylic acids is 4. The minimum absolute atomic E-state index is 0. The van der Waals surface area contributed by atoms with Gasteiger partial charge < -0.3 is 25.8 Å². The number of nitrogens with one attached hydrogen (secondary N) is 3. The maximum absolute atomic E-state index is 13.1. The zero-order chi connectivity index (χ0) is 20.3. The molecule has 2 saturated carbocycles. The Hall–Kier alpha value is -1.87. The maximum atomic E-state index is 13.1. The second kappa shape index (κ2) is 9.75. The summed E-state index contributed by atoms with van der Waals surface area (Å²) in [5.41, 5.74) is -0.868. The maximum Gasteiger partial charge on any atom is 0.239 e. The summed E-state index contributed by atoms with van der Waals surface area (Å²) in [5, 5.41) is 8.90. The number of carbonyl (C=O) groups is 4. The number of halogens is 1. The van der Waals surface area contributed by atoms with Gasteiger partial charge in [-0.2, -0.15) is 0 Å². The molecule has 3 aliphatic rings. The molecule has 0 bridgehead atoms. The van der Waals surface area contributed by atoms with Crippen molar-refractivity contribution >= 4 is 36.0 Å². The molecule has 0 aromatic rings. The summed E-state index contributed by atoms with van der Waals surface area (Å²) < 4.78 is 0. The van der Waals surface area contributed by atoms with Crippen LogP contribution in [0.25, 0.3) is 0 Å². The Kier molecular flexibility index (Phi) is 7.87. The van der Waals surface area contributed by atoms with Crippen LogP contribution < -0.4 is 16.0 Å². The Morgan fingerprint density at radius 3 is 1.90 bits per heavy atom. The van der Waals surface area contributed by atoms with Crippen molar-refractivity contribution in [2.24, 2.45) is 5.41 Å². The molecule has 0 aromatic heterocycles. The van der Waals surface area contributed by atoms with Gasteiger partial charge in [0.05, 0.1) is 18.5 Å². The van der Waals surface area contributed by atoms with E-state index in [2.05, 4.69) is 16.0 Å². The Morgan fingerprint density at radius 2 is 1.45 bits per heavy atom. The van der Waals surface area contributed by atoms with Crippen molar-refractivity contribution < 1.29 is 19.2 Å². The topological polar surface area (TPSA) is 111 Å². The van der Waals surface area contributed by atoms with Gasteiger partial charge in [0.15, 0.2) is 0 Å². The average molecular weight is 430 g/mol. The summed E-state index contributed by atoms with van der Waals surface area (Å²) in [7, 11) is 3.19. The molecular weight excluding hydrogens is 398 g/mol. The molecular formula is C19H32ClN5O4. The van der Waals surface area contributed by atoms with Crippen LogP contribution in [0.3, 0.4) is 0 Å². The number of likely N-dealkylation sites (N-methyl/N-ethyl adjacent to an activating group) is 2. The van der Waals surface area contributed by atoms with Gasteiger partial charge in [-0.1, -0.05) is 0 Å². The Morgan fingerprint density at radius 1 is 0.931 bits per heavy atom. The normalized spacial score (nSPS) is 23.0. The van der Waals surface area contributed by atoms with Gasteiger partial charge in [-0.05, 0) is 38.6 Å². The minimum atomic E-state index is -0.868. The van der Waals surface area contributed by atoms with Gasteiger partial charge >= 0.3 is 0 Å². The first kappa shape index (κ1) is 23.4. The van der Waals surface area contributed by atoms with Crippen molar-refractivity contribution in [3.8, 4) is 0 Å². The van der Waals surface area contributed by atoms with Crippen molar-refractivity contribution in [3.63, 3.8) is 0 Å². The van der Waals surface area contributed by atoms with E-state index in [-0.39, 0.29) is 67.6 Å². The molecule has 1 atom stereocenters. The molecule has 9 nitrogen and oxygen atoms in total. The summed E-state index contributed by atoms with van der Waals surface area (Å²) in [6.45, 7) is 1.03. The lowest BCUT2D eigenvalue weighted by Crippen LogP contribution is -2.50. The van der Waals surface area contributed by atoms with Gasteiger partial charge in [-0.25, -0.2) is 0 Å². The highest BCUT2D eigenvalue weighted by molar-refractivity contribution is 5.93. The molecule has 1 heterocycles. The van der Waals surface area contributed by atoms with Gasteiger partial charge in [0, 0.05) is 39.1 Å². The first-order valence-corrected chi connectivity index (χ1v) is 10.1. The van der Waals surface area contributed by atoms with E-state index in [9.17, 15) is 19.2 Å². The molecule has 3 fully saturated rings. The fraction of sp³-hybridized carbons (Fsp3) is 0.789. The van der Waals surface area contributed by atoms with E-state index in [0.717, 1.165) is 25.7 Å². The second-order valence-corrected chi connectivity index (χ2v) is 8.48. The first-order valence-electron chi connectivity index (χ1n) is 10.1. The molecule has 3 rings (SSSR count). The van der Waals surface area contributed by atoms with Crippen molar-refractivity contribution in [2.45, 2.75) is 50.6 Å². The molecule has 0 radical (unpaired) electrons. The highest BCUT2D eigenvalue weighted by Gasteiger charge is 2.45. The fourth-order valence-corrected chi connectivity index (χ4v) is 3.57. The van der Waals surface area contributed by atoms with E-state index in [4.69, 9.17) is 0 Å². The van der Waals surface area contributed by atoms with Crippen LogP contribution in [-0.4, -0.2) is 85.8 Å². The third-order valence-corrected chi connectivity index (χ3v) is 5.61. The van der Waals surface area contributed by atoms with E-state index in [0.29, 0.717) is 19.5 Å². The van der Waals surface area contributed by atoms with Gasteiger partial charge in [0.1, 0.15) is 0 Å². The quantitative estimate of drug-likeness (QED) is 0.446. The smallest absolute Gasteiger partial charge is 0.239 e. The third kappa shape index (κ3) is 6.57. The van der Waals surface area contributed by atoms with E-state index in [1.807, 2.05) is 0 Å². The summed E-state index contributed by atoms with van der Waals surface area (Å²) in [5.74, 6) is -0.775. The highest BCUT2D eigenvalue weighted by Crippen LogP contribution is 2.32. The molecule has 3 N–H and O–H groups in total. The summed E-state index contributed by atoms with van der Waals surface area (Å²) >= 11 is 0. The molecule has 0 spiro atoms. The molecule has 4 amide bonds. The van der Waals surface area contributed by atoms with Crippen LogP contribution in [0.1, 0.15) is 38.5 Å². The Bertz CT molecular complexity index is 645. The number of rotatable bonds is 9. The molecule has 2 aliphatic carbocycles. The van der Waals surface area contributed by atoms with E-state index in [1.54, 1.807) is 14.1 Å². The average Bonchev–Trinajstić information content (AvgIpc) is 3.56. The summed E-state index contributed by atoms with van der Waals surface area (Å²) in [6, 6.07) is 0.494. The predicted octanol–water partition coefficient (Wildman–Crippen LogP) is -0.748. The van der Waals surface area contributed by atoms with Crippen LogP contribution >= 0.6 is 12.4 Å². The largest absolute Gasteiger partial charge is 0.352 e. The number of hydrogen-bond acceptors (Lipinski definition) is 5. The first-order chi connectivity index (χ1) is 13.3. The van der Waals surface area contributed by atoms with Crippen LogP contribution in [0.2, 0.25) is 0 Å². The second-order valence-electron chi connectivity index (χ2n) is 8.48. The van der Waals surface area contributed by atoms with Crippen LogP contribution in [-0.2, 0) is 19.2 Å². The van der Waals surface area contributed by atoms with E-state index >= 15 is 0 Å². The Balaban J connectivity index is 0.00000300. The number of hydrogen-bond donors (Lipinski definition) is 3. The van der Waals surface area contributed by atoms with Gasteiger partial charge in [-0.3, -0.25) is 19.2 Å². The number of nitrogens with zero attached hydrogens (tertiary/aromatic N) is 2. The van der Waals surface area contributed by atoms with E-state index in [1.165, 1.54) is 9.80 Å². The monoisotopic (exact) mass is 429 g/mol. The summed E-state index contributed by atoms with van der Waals surface area (Å²) in [6.07, 6.45) is 4.54. The standard InChI is InChI=1S/C19H31N5O4.ClH/c1-23(10-15(25)21-13-3-4-13)17(27)9-19(7-8-20-12-19)18(28)24(2)11-16(26)22-14-5-6-14;/h13-14,20H,3-12H2,1-2H3,(H,21,25)(H,22,26);1H. The van der Waals surface area contributed by atoms with Crippen LogP contribution in [0.15, 0.2) is 0 Å². The lowest BCUT2D eigenvalue weighted by Gasteiger charge is -2.32. The SMILES string of the molecule is CN(CC(=O)NC1CC1)C(=O)CC1(C(=O)N(C)CC(=O)NC2CC2)CCNC1.Cl. The van der Waals surface area contributed by atoms with Crippen molar-refractivity contribution in [1.82, 2.24) is 25.8 Å². The molecule has 0 aromatic carbocycles. The lowest BCUT2D eigenvalue weighted by atomic mass is 9.81. The highest BCUT2D eigenvalue weighted by atomic mass is 35.5. The van der Waals surface area contributed by atoms with Gasteiger partial charge in [0.25, 0.3) is 0 Å². The molecule has 10 heteroatoms. The van der Waals surface area contributed by atoms with Crippen LogP contribution in [0.5, 0.6) is 0 Å². The van der Waals surface area contributed by atoms with Crippen molar-refractivity contribution in [2.75, 3.05) is 40.3 Å². The van der Waals surface area contributed by atoms with E-state index < -0.39 is 5.41 Å². The van der Waals surface area contributed by atoms with Gasteiger partial charge in [-0.15, -0.1) is 12.4 Å². The molecule has 1 aliphatic heterocycles. The number of amides is 4.